The number of ether oxygens (including phenoxy) is 2. The maximum absolute atomic E-state index is 12.6. The average Bonchev–Trinajstić information content (AvgIpc) is 2.59. The van der Waals surface area contributed by atoms with E-state index in [0.29, 0.717) is 22.6 Å². The Bertz CT molecular complexity index is 660. The summed E-state index contributed by atoms with van der Waals surface area (Å²) < 4.78 is 9.51. The molecule has 5 heteroatoms. The van der Waals surface area contributed by atoms with E-state index in [1.807, 2.05) is 28.7 Å². The molecule has 2 aromatic rings. The predicted molar refractivity (Wildman–Crippen MR) is 92.5 cm³/mol. The van der Waals surface area contributed by atoms with Crippen molar-refractivity contribution in [3.8, 4) is 11.5 Å². The molecule has 0 aromatic heterocycles. The lowest BCUT2D eigenvalue weighted by atomic mass is 10.0. The van der Waals surface area contributed by atoms with E-state index in [1.54, 1.807) is 42.5 Å². The smallest absolute Gasteiger partial charge is 0.183 e. The first kappa shape index (κ1) is 16.5. The Kier molecular flexibility index (Phi) is 5.54. The highest BCUT2D eigenvalue weighted by Crippen LogP contribution is 2.25. The zero-order valence-electron chi connectivity index (χ0n) is 12.2. The number of rotatable bonds is 6. The van der Waals surface area contributed by atoms with Crippen molar-refractivity contribution in [2.75, 3.05) is 14.2 Å². The third-order valence-corrected chi connectivity index (χ3v) is 4.29. The molecular weight excluding hydrogens is 395 g/mol. The molecule has 0 amide bonds. The summed E-state index contributed by atoms with van der Waals surface area (Å²) in [6.07, 6.45) is 0. The molecule has 0 N–H and O–H groups in total. The molecule has 0 saturated heterocycles. The third-order valence-electron chi connectivity index (χ3n) is 3.15. The topological polar surface area (TPSA) is 52.6 Å². The van der Waals surface area contributed by atoms with Gasteiger partial charge < -0.3 is 9.47 Å². The molecule has 114 valence electrons. The fraction of sp³-hybridized carbons (Fsp3) is 0.176. The van der Waals surface area contributed by atoms with Gasteiger partial charge in [-0.2, -0.15) is 0 Å². The van der Waals surface area contributed by atoms with Crippen molar-refractivity contribution in [2.45, 2.75) is 3.92 Å². The van der Waals surface area contributed by atoms with Gasteiger partial charge in [-0.3, -0.25) is 9.59 Å². The first-order chi connectivity index (χ1) is 10.6. The van der Waals surface area contributed by atoms with Crippen molar-refractivity contribution < 1.29 is 19.1 Å². The Morgan fingerprint density at radius 3 is 1.86 bits per heavy atom. The normalized spacial score (nSPS) is 11.6. The van der Waals surface area contributed by atoms with Gasteiger partial charge >= 0.3 is 0 Å². The molecule has 0 aliphatic carbocycles. The van der Waals surface area contributed by atoms with Gasteiger partial charge in [0.2, 0.25) is 0 Å². The molecule has 1 atom stereocenters. The van der Waals surface area contributed by atoms with Crippen LogP contribution in [0.2, 0.25) is 0 Å². The number of halogens is 1. The van der Waals surface area contributed by atoms with Gasteiger partial charge in [-0.05, 0) is 12.1 Å². The van der Waals surface area contributed by atoms with Crippen LogP contribution >= 0.6 is 22.6 Å². The molecule has 0 radical (unpaired) electrons. The number of benzene rings is 2. The van der Waals surface area contributed by atoms with Crippen LogP contribution in [0.5, 0.6) is 11.5 Å². The van der Waals surface area contributed by atoms with Gasteiger partial charge in [0.05, 0.1) is 14.2 Å². The SMILES string of the molecule is COc1cc(OC)cc(C(=O)C(I)C(=O)c2ccccc2)c1. The van der Waals surface area contributed by atoms with E-state index in [9.17, 15) is 9.59 Å². The van der Waals surface area contributed by atoms with E-state index in [4.69, 9.17) is 9.47 Å². The van der Waals surface area contributed by atoms with Gasteiger partial charge in [0.25, 0.3) is 0 Å². The van der Waals surface area contributed by atoms with Gasteiger partial charge in [-0.1, -0.05) is 52.9 Å². The van der Waals surface area contributed by atoms with Gasteiger partial charge in [0, 0.05) is 17.2 Å². The predicted octanol–water partition coefficient (Wildman–Crippen LogP) is 3.57. The number of carbonyl (C=O) groups excluding carboxylic acids is 2. The number of Topliss-reactive ketones (excluding diaryl/α,β-unsaturated/α-hetero) is 2. The average molecular weight is 410 g/mol. The lowest BCUT2D eigenvalue weighted by molar-refractivity contribution is 0.0910. The molecule has 4 nitrogen and oxygen atoms in total. The van der Waals surface area contributed by atoms with Crippen molar-refractivity contribution in [2.24, 2.45) is 0 Å². The van der Waals surface area contributed by atoms with Crippen LogP contribution in [-0.4, -0.2) is 29.7 Å². The Morgan fingerprint density at radius 1 is 0.864 bits per heavy atom. The number of methoxy groups -OCH3 is 2. The third kappa shape index (κ3) is 3.65. The first-order valence-corrected chi connectivity index (χ1v) is 7.82. The van der Waals surface area contributed by atoms with Gasteiger partial charge in [-0.15, -0.1) is 0 Å². The molecule has 0 saturated carbocycles. The van der Waals surface area contributed by atoms with Crippen molar-refractivity contribution >= 4 is 34.2 Å². The number of alkyl halides is 1. The molecule has 0 aliphatic heterocycles. The van der Waals surface area contributed by atoms with E-state index in [0.717, 1.165) is 0 Å². The largest absolute Gasteiger partial charge is 0.497 e. The van der Waals surface area contributed by atoms with Crippen molar-refractivity contribution in [1.82, 2.24) is 0 Å². The van der Waals surface area contributed by atoms with Crippen LogP contribution in [0.15, 0.2) is 48.5 Å². The molecule has 0 bridgehead atoms. The van der Waals surface area contributed by atoms with Crippen LogP contribution in [0.25, 0.3) is 0 Å². The fourth-order valence-corrected chi connectivity index (χ4v) is 2.68. The van der Waals surface area contributed by atoms with E-state index >= 15 is 0 Å². The van der Waals surface area contributed by atoms with Crippen molar-refractivity contribution in [3.05, 3.63) is 59.7 Å². The molecule has 22 heavy (non-hydrogen) atoms. The fourth-order valence-electron chi connectivity index (χ4n) is 1.96. The lowest BCUT2D eigenvalue weighted by Gasteiger charge is -2.11. The summed E-state index contributed by atoms with van der Waals surface area (Å²) in [7, 11) is 3.03. The van der Waals surface area contributed by atoms with Crippen molar-refractivity contribution in [1.29, 1.82) is 0 Å². The monoisotopic (exact) mass is 410 g/mol. The zero-order chi connectivity index (χ0) is 16.1. The number of carbonyl (C=O) groups is 2. The van der Waals surface area contributed by atoms with Crippen molar-refractivity contribution in [3.63, 3.8) is 0 Å². The molecule has 2 aromatic carbocycles. The quantitative estimate of drug-likeness (QED) is 0.316. The highest BCUT2D eigenvalue weighted by atomic mass is 127. The van der Waals surface area contributed by atoms with E-state index in [2.05, 4.69) is 0 Å². The summed E-state index contributed by atoms with van der Waals surface area (Å²) in [4.78, 5) is 24.9. The molecule has 0 fully saturated rings. The maximum Gasteiger partial charge on any atom is 0.183 e. The molecule has 0 spiro atoms. The number of hydrogen-bond acceptors (Lipinski definition) is 4. The second kappa shape index (κ2) is 7.40. The summed E-state index contributed by atoms with van der Waals surface area (Å²) in [5, 5.41) is 0. The minimum atomic E-state index is -0.795. The van der Waals surface area contributed by atoms with Gasteiger partial charge in [0.15, 0.2) is 11.6 Å². The van der Waals surface area contributed by atoms with Crippen LogP contribution in [-0.2, 0) is 0 Å². The van der Waals surface area contributed by atoms with Crippen LogP contribution < -0.4 is 9.47 Å². The van der Waals surface area contributed by atoms with Crippen LogP contribution in [0, 0.1) is 0 Å². The van der Waals surface area contributed by atoms with E-state index < -0.39 is 3.92 Å². The zero-order valence-corrected chi connectivity index (χ0v) is 14.4. The highest BCUT2D eigenvalue weighted by molar-refractivity contribution is 14.1. The Balaban J connectivity index is 2.29. The standard InChI is InChI=1S/C17H15IO4/c1-21-13-8-12(9-14(10-13)22-2)17(20)15(18)16(19)11-6-4-3-5-7-11/h3-10,15H,1-2H3. The summed E-state index contributed by atoms with van der Waals surface area (Å²) in [6, 6.07) is 13.7. The number of ketones is 2. The van der Waals surface area contributed by atoms with Gasteiger partial charge in [0.1, 0.15) is 15.4 Å². The molecule has 1 unspecified atom stereocenters. The summed E-state index contributed by atoms with van der Waals surface area (Å²) in [5.74, 6) is 0.538. The summed E-state index contributed by atoms with van der Waals surface area (Å²) >= 11 is 1.87. The lowest BCUT2D eigenvalue weighted by Crippen LogP contribution is -2.24. The second-order valence-corrected chi connectivity index (χ2v) is 5.80. The minimum absolute atomic E-state index is 0.215. The van der Waals surface area contributed by atoms with E-state index in [1.165, 1.54) is 14.2 Å². The summed E-state index contributed by atoms with van der Waals surface area (Å²) in [5.41, 5.74) is 0.907. The highest BCUT2D eigenvalue weighted by Gasteiger charge is 2.26. The first-order valence-electron chi connectivity index (χ1n) is 6.57. The molecule has 0 aliphatic rings. The summed E-state index contributed by atoms with van der Waals surface area (Å²) in [6.45, 7) is 0. The van der Waals surface area contributed by atoms with Crippen LogP contribution in [0.1, 0.15) is 20.7 Å². The molecular formula is C17H15IO4. The Morgan fingerprint density at radius 2 is 1.36 bits per heavy atom. The number of hydrogen-bond donors (Lipinski definition) is 0. The van der Waals surface area contributed by atoms with Crippen LogP contribution in [0.3, 0.4) is 0 Å². The molecule has 2 rings (SSSR count). The Hall–Kier alpha value is -1.89. The minimum Gasteiger partial charge on any atom is -0.497 e. The molecule has 0 heterocycles. The van der Waals surface area contributed by atoms with Gasteiger partial charge in [-0.25, -0.2) is 0 Å². The van der Waals surface area contributed by atoms with E-state index in [-0.39, 0.29) is 11.6 Å². The second-order valence-electron chi connectivity index (χ2n) is 4.56. The maximum atomic E-state index is 12.6. The van der Waals surface area contributed by atoms with Crippen LogP contribution in [0.4, 0.5) is 0 Å². The Labute approximate surface area is 142 Å².